The standard InChI is InChI=1S/C20H19BrN2O3S/c1-12-18(13-5-8-15(25-3)9-6-13)23(2)20(27-12)22-19(24)14-7-10-17(26-4)16(21)11-14/h5-11H,1-4H3. The molecule has 0 N–H and O–H groups in total. The van der Waals surface area contributed by atoms with Gasteiger partial charge in [-0.25, -0.2) is 0 Å². The highest BCUT2D eigenvalue weighted by atomic mass is 79.9. The summed E-state index contributed by atoms with van der Waals surface area (Å²) in [5.74, 6) is 1.18. The summed E-state index contributed by atoms with van der Waals surface area (Å²) in [5.41, 5.74) is 2.58. The first-order chi connectivity index (χ1) is 12.9. The van der Waals surface area contributed by atoms with E-state index in [2.05, 4.69) is 20.9 Å². The van der Waals surface area contributed by atoms with E-state index in [0.717, 1.165) is 26.4 Å². The van der Waals surface area contributed by atoms with Crippen molar-refractivity contribution < 1.29 is 14.3 Å². The zero-order valence-electron chi connectivity index (χ0n) is 15.4. The molecule has 27 heavy (non-hydrogen) atoms. The fourth-order valence-electron chi connectivity index (χ4n) is 2.78. The van der Waals surface area contributed by atoms with Gasteiger partial charge in [0.2, 0.25) is 0 Å². The van der Waals surface area contributed by atoms with Gasteiger partial charge < -0.3 is 14.0 Å². The summed E-state index contributed by atoms with van der Waals surface area (Å²) in [6.07, 6.45) is 0. The Morgan fingerprint density at radius 1 is 1.11 bits per heavy atom. The van der Waals surface area contributed by atoms with Crippen LogP contribution in [0.1, 0.15) is 15.2 Å². The van der Waals surface area contributed by atoms with Gasteiger partial charge in [0, 0.05) is 17.5 Å². The van der Waals surface area contributed by atoms with Crippen molar-refractivity contribution in [1.29, 1.82) is 0 Å². The molecule has 3 rings (SSSR count). The monoisotopic (exact) mass is 446 g/mol. The van der Waals surface area contributed by atoms with Crippen LogP contribution >= 0.6 is 27.3 Å². The lowest BCUT2D eigenvalue weighted by Gasteiger charge is -2.06. The van der Waals surface area contributed by atoms with Gasteiger partial charge in [-0.1, -0.05) is 0 Å². The average Bonchev–Trinajstić information content (AvgIpc) is 2.95. The predicted molar refractivity (Wildman–Crippen MR) is 111 cm³/mol. The molecule has 1 amide bonds. The second-order valence-electron chi connectivity index (χ2n) is 5.84. The smallest absolute Gasteiger partial charge is 0.279 e. The number of carbonyl (C=O) groups is 1. The van der Waals surface area contributed by atoms with E-state index < -0.39 is 0 Å². The van der Waals surface area contributed by atoms with Crippen LogP contribution < -0.4 is 14.3 Å². The lowest BCUT2D eigenvalue weighted by Crippen LogP contribution is -2.14. The highest BCUT2D eigenvalue weighted by Gasteiger charge is 2.13. The van der Waals surface area contributed by atoms with Crippen LogP contribution in [0.5, 0.6) is 11.5 Å². The molecule has 0 aliphatic rings. The van der Waals surface area contributed by atoms with E-state index in [0.29, 0.717) is 16.1 Å². The zero-order chi connectivity index (χ0) is 19.6. The van der Waals surface area contributed by atoms with Crippen molar-refractivity contribution in [3.05, 3.63) is 62.2 Å². The van der Waals surface area contributed by atoms with Crippen LogP contribution in [0.4, 0.5) is 0 Å². The number of amides is 1. The molecule has 0 saturated heterocycles. The zero-order valence-corrected chi connectivity index (χ0v) is 17.8. The Morgan fingerprint density at radius 3 is 2.41 bits per heavy atom. The number of hydrogen-bond acceptors (Lipinski definition) is 4. The largest absolute Gasteiger partial charge is 0.497 e. The van der Waals surface area contributed by atoms with E-state index in [1.165, 1.54) is 11.3 Å². The van der Waals surface area contributed by atoms with Gasteiger partial charge in [-0.15, -0.1) is 11.3 Å². The molecular formula is C20H19BrN2O3S. The van der Waals surface area contributed by atoms with Crippen molar-refractivity contribution in [3.8, 4) is 22.8 Å². The minimum atomic E-state index is -0.295. The van der Waals surface area contributed by atoms with Crippen molar-refractivity contribution in [3.63, 3.8) is 0 Å². The molecule has 1 aromatic heterocycles. The number of ether oxygens (including phenoxy) is 2. The highest BCUT2D eigenvalue weighted by Crippen LogP contribution is 2.27. The molecule has 0 aliphatic heterocycles. The van der Waals surface area contributed by atoms with Crippen LogP contribution in [0.15, 0.2) is 51.9 Å². The van der Waals surface area contributed by atoms with E-state index in [1.807, 2.05) is 42.8 Å². The van der Waals surface area contributed by atoms with Crippen LogP contribution in [-0.4, -0.2) is 24.7 Å². The first kappa shape index (κ1) is 19.4. The number of aryl methyl sites for hydroxylation is 1. The van der Waals surface area contributed by atoms with Crippen LogP contribution in [0.3, 0.4) is 0 Å². The van der Waals surface area contributed by atoms with Gasteiger partial charge in [0.05, 0.1) is 24.4 Å². The van der Waals surface area contributed by atoms with Crippen LogP contribution in [0, 0.1) is 6.92 Å². The number of halogens is 1. The number of rotatable bonds is 4. The summed E-state index contributed by atoms with van der Waals surface area (Å²) in [7, 11) is 5.14. The number of aromatic nitrogens is 1. The molecule has 0 unspecified atom stereocenters. The highest BCUT2D eigenvalue weighted by molar-refractivity contribution is 9.10. The molecule has 5 nitrogen and oxygen atoms in total. The second kappa shape index (κ2) is 8.10. The molecule has 0 radical (unpaired) electrons. The second-order valence-corrected chi connectivity index (χ2v) is 7.88. The Hall–Kier alpha value is -2.38. The first-order valence-corrected chi connectivity index (χ1v) is 9.79. The molecule has 140 valence electrons. The lowest BCUT2D eigenvalue weighted by atomic mass is 10.1. The lowest BCUT2D eigenvalue weighted by molar-refractivity contribution is 0.0998. The summed E-state index contributed by atoms with van der Waals surface area (Å²) in [6.45, 7) is 2.03. The van der Waals surface area contributed by atoms with Crippen LogP contribution in [-0.2, 0) is 7.05 Å². The van der Waals surface area contributed by atoms with E-state index in [9.17, 15) is 4.79 Å². The van der Waals surface area contributed by atoms with Crippen LogP contribution in [0.2, 0.25) is 0 Å². The minimum absolute atomic E-state index is 0.295. The Morgan fingerprint density at radius 2 is 1.81 bits per heavy atom. The van der Waals surface area contributed by atoms with Crippen molar-refractivity contribution in [2.45, 2.75) is 6.92 Å². The van der Waals surface area contributed by atoms with Crippen molar-refractivity contribution in [1.82, 2.24) is 4.57 Å². The number of carbonyl (C=O) groups excluding carboxylic acids is 1. The summed E-state index contributed by atoms with van der Waals surface area (Å²) >= 11 is 4.89. The van der Waals surface area contributed by atoms with Crippen molar-refractivity contribution in [2.75, 3.05) is 14.2 Å². The third-order valence-corrected chi connectivity index (χ3v) is 5.83. The number of methoxy groups -OCH3 is 2. The van der Waals surface area contributed by atoms with E-state index in [-0.39, 0.29) is 5.91 Å². The molecule has 0 aliphatic carbocycles. The van der Waals surface area contributed by atoms with E-state index in [1.54, 1.807) is 32.4 Å². The van der Waals surface area contributed by atoms with Gasteiger partial charge in [-0.2, -0.15) is 4.99 Å². The fraction of sp³-hybridized carbons (Fsp3) is 0.200. The number of benzene rings is 2. The Kier molecular flexibility index (Phi) is 5.82. The maximum Gasteiger partial charge on any atom is 0.279 e. The Bertz CT molecular complexity index is 1050. The summed E-state index contributed by atoms with van der Waals surface area (Å²) in [5, 5.41) is 0. The molecule has 3 aromatic rings. The molecular weight excluding hydrogens is 428 g/mol. The molecule has 2 aromatic carbocycles. The van der Waals surface area contributed by atoms with E-state index in [4.69, 9.17) is 9.47 Å². The maximum absolute atomic E-state index is 12.6. The molecule has 0 spiro atoms. The summed E-state index contributed by atoms with van der Waals surface area (Å²) < 4.78 is 13.1. The molecule has 1 heterocycles. The quantitative estimate of drug-likeness (QED) is 0.588. The van der Waals surface area contributed by atoms with Crippen LogP contribution in [0.25, 0.3) is 11.3 Å². The first-order valence-electron chi connectivity index (χ1n) is 8.18. The van der Waals surface area contributed by atoms with Crippen molar-refractivity contribution in [2.24, 2.45) is 12.0 Å². The number of hydrogen-bond donors (Lipinski definition) is 0. The fourth-order valence-corrected chi connectivity index (χ4v) is 4.30. The molecule has 0 saturated carbocycles. The SMILES string of the molecule is COc1ccc(-c2c(C)sc(=NC(=O)c3ccc(OC)c(Br)c3)n2C)cc1. The maximum atomic E-state index is 12.6. The number of thiazole rings is 1. The topological polar surface area (TPSA) is 52.8 Å². The average molecular weight is 447 g/mol. The van der Waals surface area contributed by atoms with Gasteiger partial charge >= 0.3 is 0 Å². The molecule has 0 fully saturated rings. The van der Waals surface area contributed by atoms with Gasteiger partial charge in [0.1, 0.15) is 11.5 Å². The van der Waals surface area contributed by atoms with Gasteiger partial charge in [-0.05, 0) is 70.9 Å². The van der Waals surface area contributed by atoms with Gasteiger partial charge in [0.15, 0.2) is 4.80 Å². The number of nitrogens with zero attached hydrogens (tertiary/aromatic N) is 2. The predicted octanol–water partition coefficient (Wildman–Crippen LogP) is 4.58. The normalized spacial score (nSPS) is 11.5. The minimum Gasteiger partial charge on any atom is -0.497 e. The van der Waals surface area contributed by atoms with Crippen molar-refractivity contribution >= 4 is 33.2 Å². The van der Waals surface area contributed by atoms with Gasteiger partial charge in [0.25, 0.3) is 5.91 Å². The Labute approximate surface area is 170 Å². The third-order valence-electron chi connectivity index (χ3n) is 4.16. The molecule has 0 bridgehead atoms. The summed E-state index contributed by atoms with van der Waals surface area (Å²) in [4.78, 5) is 18.7. The Balaban J connectivity index is 1.99. The molecule has 7 heteroatoms. The van der Waals surface area contributed by atoms with E-state index >= 15 is 0 Å². The summed E-state index contributed by atoms with van der Waals surface area (Å²) in [6, 6.07) is 13.0. The third kappa shape index (κ3) is 3.99. The molecule has 0 atom stereocenters. The van der Waals surface area contributed by atoms with Gasteiger partial charge in [-0.3, -0.25) is 4.79 Å².